The Labute approximate surface area is 141 Å². The van der Waals surface area contributed by atoms with E-state index in [9.17, 15) is 4.79 Å². The van der Waals surface area contributed by atoms with Crippen LogP contribution in [0.5, 0.6) is 0 Å². The Balaban J connectivity index is 1.59. The van der Waals surface area contributed by atoms with Crippen LogP contribution in [0.3, 0.4) is 0 Å². The van der Waals surface area contributed by atoms with Gasteiger partial charge in [0, 0.05) is 16.3 Å². The van der Waals surface area contributed by atoms with E-state index in [0.29, 0.717) is 5.92 Å². The van der Waals surface area contributed by atoms with Crippen molar-refractivity contribution in [3.8, 4) is 0 Å². The quantitative estimate of drug-likeness (QED) is 0.909. The van der Waals surface area contributed by atoms with Gasteiger partial charge < -0.3 is 5.32 Å². The molecule has 3 saturated heterocycles. The molecule has 4 heterocycles. The third kappa shape index (κ3) is 2.48. The highest BCUT2D eigenvalue weighted by Crippen LogP contribution is 2.39. The number of hydrogen-bond acceptors (Lipinski definition) is 3. The second-order valence-corrected chi connectivity index (χ2v) is 8.66. The van der Waals surface area contributed by atoms with E-state index < -0.39 is 0 Å². The number of aryl methyl sites for hydroxylation is 1. The molecule has 2 bridgehead atoms. The molecule has 5 rings (SSSR count). The number of benzene rings is 1. The molecule has 1 aromatic carbocycles. The van der Waals surface area contributed by atoms with Crippen molar-refractivity contribution in [1.82, 2.24) is 10.2 Å². The normalized spacial score (nSPS) is 28.9. The summed E-state index contributed by atoms with van der Waals surface area (Å²) >= 11 is 1.60. The van der Waals surface area contributed by atoms with Gasteiger partial charge in [0.05, 0.1) is 4.88 Å². The molecule has 1 N–H and O–H groups in total. The predicted molar refractivity (Wildman–Crippen MR) is 96.2 cm³/mol. The SMILES string of the molecule is Cc1ccc2cc(C(=O)N[C@@H]3C4CCN(CC4)C3(C)C)sc2c1. The number of fused-ring (bicyclic) bond motifs is 4. The molecule has 3 nitrogen and oxygen atoms in total. The third-order valence-corrected chi connectivity index (χ3v) is 6.87. The fourth-order valence-corrected chi connectivity index (χ4v) is 5.40. The van der Waals surface area contributed by atoms with Gasteiger partial charge in [0.25, 0.3) is 5.91 Å². The molecule has 122 valence electrons. The van der Waals surface area contributed by atoms with Crippen LogP contribution >= 0.6 is 11.3 Å². The lowest BCUT2D eigenvalue weighted by atomic mass is 9.72. The maximum atomic E-state index is 12.8. The van der Waals surface area contributed by atoms with Gasteiger partial charge in [0.15, 0.2) is 0 Å². The second-order valence-electron chi connectivity index (χ2n) is 7.58. The largest absolute Gasteiger partial charge is 0.346 e. The minimum atomic E-state index is 0.0596. The molecule has 3 aliphatic rings. The smallest absolute Gasteiger partial charge is 0.261 e. The van der Waals surface area contributed by atoms with Crippen molar-refractivity contribution in [3.05, 3.63) is 34.7 Å². The van der Waals surface area contributed by atoms with E-state index in [1.807, 2.05) is 6.07 Å². The Bertz CT molecular complexity index is 756. The van der Waals surface area contributed by atoms with Gasteiger partial charge in [-0.05, 0) is 75.7 Å². The van der Waals surface area contributed by atoms with Crippen molar-refractivity contribution in [2.45, 2.75) is 45.2 Å². The molecule has 1 amide bonds. The average Bonchev–Trinajstić information content (AvgIpc) is 2.94. The van der Waals surface area contributed by atoms with Gasteiger partial charge in [0.2, 0.25) is 0 Å². The molecule has 2 aromatic rings. The molecule has 3 fully saturated rings. The van der Waals surface area contributed by atoms with E-state index in [1.54, 1.807) is 11.3 Å². The van der Waals surface area contributed by atoms with Gasteiger partial charge in [-0.2, -0.15) is 0 Å². The average molecular weight is 328 g/mol. The van der Waals surface area contributed by atoms with E-state index in [0.717, 1.165) is 4.88 Å². The lowest BCUT2D eigenvalue weighted by molar-refractivity contribution is -0.0377. The zero-order valence-electron chi connectivity index (χ0n) is 14.1. The summed E-state index contributed by atoms with van der Waals surface area (Å²) in [6.07, 6.45) is 2.42. The molecule has 23 heavy (non-hydrogen) atoms. The number of hydrogen-bond donors (Lipinski definition) is 1. The van der Waals surface area contributed by atoms with Gasteiger partial charge >= 0.3 is 0 Å². The zero-order chi connectivity index (χ0) is 16.2. The van der Waals surface area contributed by atoms with Gasteiger partial charge in [-0.1, -0.05) is 12.1 Å². The summed E-state index contributed by atoms with van der Waals surface area (Å²) in [5, 5.41) is 4.53. The Morgan fingerprint density at radius 3 is 2.70 bits per heavy atom. The van der Waals surface area contributed by atoms with Crippen LogP contribution in [0.2, 0.25) is 0 Å². The summed E-state index contributed by atoms with van der Waals surface area (Å²) < 4.78 is 1.20. The van der Waals surface area contributed by atoms with Gasteiger partial charge in [0.1, 0.15) is 0 Å². The maximum absolute atomic E-state index is 12.8. The van der Waals surface area contributed by atoms with Crippen molar-refractivity contribution in [2.75, 3.05) is 13.1 Å². The Kier molecular flexibility index (Phi) is 3.50. The van der Waals surface area contributed by atoms with Crippen molar-refractivity contribution in [2.24, 2.45) is 5.92 Å². The van der Waals surface area contributed by atoms with Crippen molar-refractivity contribution in [3.63, 3.8) is 0 Å². The molecular weight excluding hydrogens is 304 g/mol. The van der Waals surface area contributed by atoms with Gasteiger partial charge in [-0.25, -0.2) is 0 Å². The van der Waals surface area contributed by atoms with Crippen LogP contribution in [0.15, 0.2) is 24.3 Å². The Hall–Kier alpha value is -1.39. The molecule has 0 unspecified atom stereocenters. The summed E-state index contributed by atoms with van der Waals surface area (Å²) in [6.45, 7) is 8.99. The molecule has 0 radical (unpaired) electrons. The molecule has 4 heteroatoms. The van der Waals surface area contributed by atoms with E-state index in [2.05, 4.69) is 49.2 Å². The monoisotopic (exact) mass is 328 g/mol. The number of amides is 1. The molecule has 1 atom stereocenters. The number of piperidine rings is 3. The van der Waals surface area contributed by atoms with E-state index >= 15 is 0 Å². The van der Waals surface area contributed by atoms with Crippen LogP contribution in [-0.2, 0) is 0 Å². The van der Waals surface area contributed by atoms with Crippen LogP contribution in [0.1, 0.15) is 41.9 Å². The van der Waals surface area contributed by atoms with Crippen LogP contribution in [0, 0.1) is 12.8 Å². The highest BCUT2D eigenvalue weighted by atomic mass is 32.1. The van der Waals surface area contributed by atoms with Crippen LogP contribution in [0.4, 0.5) is 0 Å². The first-order chi connectivity index (χ1) is 10.9. The number of nitrogens with one attached hydrogen (secondary N) is 1. The summed E-state index contributed by atoms with van der Waals surface area (Å²) in [5.74, 6) is 0.714. The third-order valence-electron chi connectivity index (χ3n) is 5.77. The van der Waals surface area contributed by atoms with E-state index in [-0.39, 0.29) is 17.5 Å². The van der Waals surface area contributed by atoms with E-state index in [4.69, 9.17) is 0 Å². The van der Waals surface area contributed by atoms with Crippen molar-refractivity contribution in [1.29, 1.82) is 0 Å². The molecule has 0 spiro atoms. The number of thiophene rings is 1. The first-order valence-corrected chi connectivity index (χ1v) is 9.33. The molecule has 0 aliphatic carbocycles. The highest BCUT2D eigenvalue weighted by molar-refractivity contribution is 7.20. The molecule has 3 aliphatic heterocycles. The summed E-state index contributed by atoms with van der Waals surface area (Å²) in [5.41, 5.74) is 1.30. The molecule has 1 aromatic heterocycles. The Morgan fingerprint density at radius 2 is 2.00 bits per heavy atom. The van der Waals surface area contributed by atoms with Crippen LogP contribution < -0.4 is 5.32 Å². The van der Waals surface area contributed by atoms with Crippen LogP contribution in [0.25, 0.3) is 10.1 Å². The highest BCUT2D eigenvalue weighted by Gasteiger charge is 2.48. The lowest BCUT2D eigenvalue weighted by Crippen LogP contribution is -2.69. The zero-order valence-corrected chi connectivity index (χ0v) is 14.9. The summed E-state index contributed by atoms with van der Waals surface area (Å²) in [4.78, 5) is 16.2. The number of carbonyl (C=O) groups is 1. The van der Waals surface area contributed by atoms with Gasteiger partial charge in [-0.15, -0.1) is 11.3 Å². The van der Waals surface area contributed by atoms with E-state index in [1.165, 1.54) is 41.6 Å². The lowest BCUT2D eigenvalue weighted by Gasteiger charge is -2.56. The first kappa shape index (κ1) is 15.2. The predicted octanol–water partition coefficient (Wildman–Crippen LogP) is 3.81. The van der Waals surface area contributed by atoms with Gasteiger partial charge in [-0.3, -0.25) is 9.69 Å². The van der Waals surface area contributed by atoms with Crippen molar-refractivity contribution < 1.29 is 4.79 Å². The number of nitrogens with zero attached hydrogens (tertiary/aromatic N) is 1. The number of rotatable bonds is 2. The topological polar surface area (TPSA) is 32.3 Å². The fraction of sp³-hybridized carbons (Fsp3) is 0.526. The molecule has 0 saturated carbocycles. The second kappa shape index (κ2) is 5.32. The standard InChI is InChI=1S/C19H24N2OS/c1-12-4-5-14-11-16(23-15(14)10-12)18(22)20-17-13-6-8-21(9-7-13)19(17,2)3/h4-5,10-11,13,17H,6-9H2,1-3H3,(H,20,22)/t17-/m1/s1. The first-order valence-electron chi connectivity index (χ1n) is 8.51. The summed E-state index contributed by atoms with van der Waals surface area (Å²) in [6, 6.07) is 8.66. The fourth-order valence-electron chi connectivity index (χ4n) is 4.34. The minimum absolute atomic E-state index is 0.0596. The summed E-state index contributed by atoms with van der Waals surface area (Å²) in [7, 11) is 0. The number of carbonyl (C=O) groups excluding carboxylic acids is 1. The van der Waals surface area contributed by atoms with Crippen LogP contribution in [-0.4, -0.2) is 35.5 Å². The minimum Gasteiger partial charge on any atom is -0.346 e. The van der Waals surface area contributed by atoms with Crippen molar-refractivity contribution >= 4 is 27.3 Å². The molecular formula is C19H24N2OS. The maximum Gasteiger partial charge on any atom is 0.261 e. The Morgan fingerprint density at radius 1 is 1.26 bits per heavy atom.